The van der Waals surface area contributed by atoms with Gasteiger partial charge in [0.05, 0.1) is 0 Å². The van der Waals surface area contributed by atoms with E-state index >= 15 is 0 Å². The Morgan fingerprint density at radius 1 is 1.35 bits per heavy atom. The molecule has 1 saturated heterocycles. The molecule has 17 heavy (non-hydrogen) atoms. The average Bonchev–Trinajstić information content (AvgIpc) is 2.44. The first-order valence-electron chi connectivity index (χ1n) is 5.92. The summed E-state index contributed by atoms with van der Waals surface area (Å²) in [4.78, 5) is 24.4. The first-order chi connectivity index (χ1) is 7.69. The van der Waals surface area contributed by atoms with Crippen LogP contribution in [0.4, 0.5) is 4.79 Å². The molecule has 0 spiro atoms. The van der Waals surface area contributed by atoms with Crippen LogP contribution >= 0.6 is 0 Å². The smallest absolute Gasteiger partial charge is 0.410 e. The van der Waals surface area contributed by atoms with Crippen LogP contribution in [0.1, 0.15) is 34.1 Å². The van der Waals surface area contributed by atoms with E-state index in [-0.39, 0.29) is 23.8 Å². The molecular formula is C12H22N2O3. The zero-order valence-electron chi connectivity index (χ0n) is 11.0. The highest BCUT2D eigenvalue weighted by atomic mass is 16.6. The minimum absolute atomic E-state index is 0.0556. The molecule has 1 aliphatic rings. The molecule has 5 heteroatoms. The van der Waals surface area contributed by atoms with Crippen molar-refractivity contribution in [3.8, 4) is 0 Å². The lowest BCUT2D eigenvalue weighted by Crippen LogP contribution is -2.36. The van der Waals surface area contributed by atoms with Crippen molar-refractivity contribution in [2.45, 2.75) is 45.8 Å². The van der Waals surface area contributed by atoms with E-state index in [4.69, 9.17) is 10.5 Å². The second-order valence-electron chi connectivity index (χ2n) is 5.72. The molecular weight excluding hydrogens is 220 g/mol. The summed E-state index contributed by atoms with van der Waals surface area (Å²) in [5, 5.41) is 0. The van der Waals surface area contributed by atoms with Gasteiger partial charge in [-0.25, -0.2) is 4.79 Å². The molecule has 1 rings (SSSR count). The summed E-state index contributed by atoms with van der Waals surface area (Å²) in [5.74, 6) is 0.163. The van der Waals surface area contributed by atoms with Crippen LogP contribution < -0.4 is 5.73 Å². The first kappa shape index (κ1) is 14.0. The van der Waals surface area contributed by atoms with E-state index in [2.05, 4.69) is 0 Å². The standard InChI is InChI=1S/C12H22N2O3/c1-8(15)5-9-6-14(7-10(9)13)11(16)17-12(2,3)4/h9-10H,5-7,13H2,1-4H3. The van der Waals surface area contributed by atoms with Gasteiger partial charge in [0.15, 0.2) is 0 Å². The molecule has 0 aromatic rings. The summed E-state index contributed by atoms with van der Waals surface area (Å²) in [6.07, 6.45) is 0.0829. The number of hydrogen-bond donors (Lipinski definition) is 1. The number of hydrogen-bond acceptors (Lipinski definition) is 4. The van der Waals surface area contributed by atoms with Crippen molar-refractivity contribution in [1.82, 2.24) is 4.90 Å². The third-order valence-corrected chi connectivity index (χ3v) is 2.69. The lowest BCUT2D eigenvalue weighted by molar-refractivity contribution is -0.117. The van der Waals surface area contributed by atoms with Gasteiger partial charge in [-0.1, -0.05) is 0 Å². The fraction of sp³-hybridized carbons (Fsp3) is 0.833. The number of nitrogens with two attached hydrogens (primary N) is 1. The summed E-state index contributed by atoms with van der Waals surface area (Å²) in [5.41, 5.74) is 5.42. The summed E-state index contributed by atoms with van der Waals surface area (Å²) >= 11 is 0. The molecule has 2 atom stereocenters. The van der Waals surface area contributed by atoms with Crippen LogP contribution in [0, 0.1) is 5.92 Å². The van der Waals surface area contributed by atoms with Gasteiger partial charge in [-0.05, 0) is 27.7 Å². The summed E-state index contributed by atoms with van der Waals surface area (Å²) < 4.78 is 5.27. The number of Topliss-reactive ketones (excluding diaryl/α,β-unsaturated/α-hetero) is 1. The number of ether oxygens (including phenoxy) is 1. The maximum absolute atomic E-state index is 11.8. The zero-order chi connectivity index (χ0) is 13.2. The van der Waals surface area contributed by atoms with Gasteiger partial charge in [0, 0.05) is 31.5 Å². The molecule has 0 aromatic carbocycles. The number of rotatable bonds is 2. The van der Waals surface area contributed by atoms with Crippen molar-refractivity contribution in [1.29, 1.82) is 0 Å². The molecule has 0 aromatic heterocycles. The highest BCUT2D eigenvalue weighted by Gasteiger charge is 2.35. The fourth-order valence-electron chi connectivity index (χ4n) is 1.96. The molecule has 1 aliphatic heterocycles. The zero-order valence-corrected chi connectivity index (χ0v) is 11.0. The maximum Gasteiger partial charge on any atom is 0.410 e. The molecule has 5 nitrogen and oxygen atoms in total. The Hall–Kier alpha value is -1.10. The van der Waals surface area contributed by atoms with Crippen molar-refractivity contribution in [2.75, 3.05) is 13.1 Å². The van der Waals surface area contributed by atoms with E-state index in [1.165, 1.54) is 0 Å². The number of amides is 1. The SMILES string of the molecule is CC(=O)CC1CN(C(=O)OC(C)(C)C)CC1N. The Morgan fingerprint density at radius 3 is 2.41 bits per heavy atom. The lowest BCUT2D eigenvalue weighted by atomic mass is 9.99. The average molecular weight is 242 g/mol. The summed E-state index contributed by atoms with van der Waals surface area (Å²) in [6.45, 7) is 8.00. The van der Waals surface area contributed by atoms with Crippen LogP contribution in [0.2, 0.25) is 0 Å². The molecule has 1 amide bonds. The Bertz CT molecular complexity index is 309. The summed E-state index contributed by atoms with van der Waals surface area (Å²) in [7, 11) is 0. The van der Waals surface area contributed by atoms with Gasteiger partial charge in [-0.15, -0.1) is 0 Å². The van der Waals surface area contributed by atoms with E-state index in [1.807, 2.05) is 20.8 Å². The van der Waals surface area contributed by atoms with Crippen LogP contribution in [0.5, 0.6) is 0 Å². The Kier molecular flexibility index (Phi) is 4.14. The largest absolute Gasteiger partial charge is 0.444 e. The van der Waals surface area contributed by atoms with Gasteiger partial charge in [0.25, 0.3) is 0 Å². The number of carbonyl (C=O) groups excluding carboxylic acids is 2. The third kappa shape index (κ3) is 4.34. The lowest BCUT2D eigenvalue weighted by Gasteiger charge is -2.24. The summed E-state index contributed by atoms with van der Waals surface area (Å²) in [6, 6.07) is -0.133. The normalized spacial score (nSPS) is 24.9. The van der Waals surface area contributed by atoms with E-state index in [0.29, 0.717) is 19.5 Å². The first-order valence-corrected chi connectivity index (χ1v) is 5.92. The molecule has 98 valence electrons. The predicted molar refractivity (Wildman–Crippen MR) is 64.6 cm³/mol. The Morgan fingerprint density at radius 2 is 1.94 bits per heavy atom. The van der Waals surface area contributed by atoms with Gasteiger partial charge < -0.3 is 20.2 Å². The van der Waals surface area contributed by atoms with Crippen molar-refractivity contribution in [2.24, 2.45) is 11.7 Å². The van der Waals surface area contributed by atoms with E-state index < -0.39 is 5.60 Å². The van der Waals surface area contributed by atoms with E-state index in [0.717, 1.165) is 0 Å². The second kappa shape index (κ2) is 5.04. The number of nitrogens with zero attached hydrogens (tertiary/aromatic N) is 1. The molecule has 0 radical (unpaired) electrons. The van der Waals surface area contributed by atoms with Crippen molar-refractivity contribution in [3.63, 3.8) is 0 Å². The van der Waals surface area contributed by atoms with Crippen molar-refractivity contribution >= 4 is 11.9 Å². The van der Waals surface area contributed by atoms with Crippen LogP contribution in [-0.2, 0) is 9.53 Å². The van der Waals surface area contributed by atoms with Gasteiger partial charge in [0.1, 0.15) is 11.4 Å². The molecule has 2 N–H and O–H groups in total. The minimum Gasteiger partial charge on any atom is -0.444 e. The van der Waals surface area contributed by atoms with Gasteiger partial charge in [-0.3, -0.25) is 0 Å². The van der Waals surface area contributed by atoms with Crippen molar-refractivity contribution < 1.29 is 14.3 Å². The molecule has 0 saturated carbocycles. The molecule has 0 bridgehead atoms. The quantitative estimate of drug-likeness (QED) is 0.788. The molecule has 2 unspecified atom stereocenters. The topological polar surface area (TPSA) is 72.6 Å². The van der Waals surface area contributed by atoms with Gasteiger partial charge in [0.2, 0.25) is 0 Å². The van der Waals surface area contributed by atoms with Crippen LogP contribution in [-0.4, -0.2) is 41.5 Å². The highest BCUT2D eigenvalue weighted by molar-refractivity contribution is 5.76. The van der Waals surface area contributed by atoms with Crippen LogP contribution in [0.25, 0.3) is 0 Å². The molecule has 0 aliphatic carbocycles. The van der Waals surface area contributed by atoms with E-state index in [1.54, 1.807) is 11.8 Å². The fourth-order valence-corrected chi connectivity index (χ4v) is 1.96. The predicted octanol–water partition coefficient (Wildman–Crippen LogP) is 1.16. The second-order valence-corrected chi connectivity index (χ2v) is 5.72. The number of carbonyl (C=O) groups is 2. The van der Waals surface area contributed by atoms with Crippen LogP contribution in [0.3, 0.4) is 0 Å². The van der Waals surface area contributed by atoms with E-state index in [9.17, 15) is 9.59 Å². The minimum atomic E-state index is -0.500. The van der Waals surface area contributed by atoms with Gasteiger partial charge in [-0.2, -0.15) is 0 Å². The highest BCUT2D eigenvalue weighted by Crippen LogP contribution is 2.21. The third-order valence-electron chi connectivity index (χ3n) is 2.69. The maximum atomic E-state index is 11.8. The van der Waals surface area contributed by atoms with Crippen LogP contribution in [0.15, 0.2) is 0 Å². The monoisotopic (exact) mass is 242 g/mol. The van der Waals surface area contributed by atoms with Gasteiger partial charge >= 0.3 is 6.09 Å². The van der Waals surface area contributed by atoms with Crippen molar-refractivity contribution in [3.05, 3.63) is 0 Å². The molecule has 1 fully saturated rings. The Labute approximate surface area is 102 Å². The molecule has 1 heterocycles. The number of likely N-dealkylation sites (tertiary alicyclic amines) is 1. The Balaban J connectivity index is 2.53. The number of ketones is 1.